The number of oxime groups is 1. The molecule has 1 aliphatic carbocycles. The van der Waals surface area contributed by atoms with Gasteiger partial charge in [0.1, 0.15) is 0 Å². The lowest BCUT2D eigenvalue weighted by Gasteiger charge is -2.24. The van der Waals surface area contributed by atoms with Crippen molar-refractivity contribution in [1.82, 2.24) is 10.2 Å². The third-order valence-corrected chi connectivity index (χ3v) is 4.17. The molecule has 0 unspecified atom stereocenters. The van der Waals surface area contributed by atoms with Crippen molar-refractivity contribution in [1.29, 1.82) is 0 Å². The van der Waals surface area contributed by atoms with E-state index in [4.69, 9.17) is 10.9 Å². The van der Waals surface area contributed by atoms with Crippen LogP contribution in [0, 0.1) is 19.8 Å². The van der Waals surface area contributed by atoms with Gasteiger partial charge in [-0.1, -0.05) is 18.0 Å². The van der Waals surface area contributed by atoms with Gasteiger partial charge in [-0.3, -0.25) is 0 Å². The number of rotatable bonds is 4. The van der Waals surface area contributed by atoms with E-state index in [1.165, 1.54) is 25.7 Å². The second kappa shape index (κ2) is 6.07. The van der Waals surface area contributed by atoms with Crippen LogP contribution in [0.15, 0.2) is 5.16 Å². The summed E-state index contributed by atoms with van der Waals surface area (Å²) in [6.45, 7) is 4.73. The van der Waals surface area contributed by atoms with Crippen molar-refractivity contribution < 1.29 is 5.21 Å². The van der Waals surface area contributed by atoms with Crippen molar-refractivity contribution in [2.75, 3.05) is 18.5 Å². The molecule has 1 saturated carbocycles. The summed E-state index contributed by atoms with van der Waals surface area (Å²) >= 11 is 0. The summed E-state index contributed by atoms with van der Waals surface area (Å²) in [5, 5.41) is 20.5. The summed E-state index contributed by atoms with van der Waals surface area (Å²) in [7, 11) is 1.99. The number of amidine groups is 1. The SMILES string of the molecule is Cc1nnc(N(C)CC2CCCC2)c(C(N)=NO)c1C. The molecule has 6 heteroatoms. The Balaban J connectivity index is 2.32. The summed E-state index contributed by atoms with van der Waals surface area (Å²) in [6, 6.07) is 0. The molecule has 0 spiro atoms. The highest BCUT2D eigenvalue weighted by Crippen LogP contribution is 2.28. The molecule has 2 rings (SSSR count). The van der Waals surface area contributed by atoms with Crippen LogP contribution >= 0.6 is 0 Å². The van der Waals surface area contributed by atoms with Crippen LogP contribution in [-0.4, -0.2) is 34.8 Å². The van der Waals surface area contributed by atoms with Crippen LogP contribution in [0.3, 0.4) is 0 Å². The van der Waals surface area contributed by atoms with Crippen molar-refractivity contribution in [3.63, 3.8) is 0 Å². The zero-order chi connectivity index (χ0) is 14.7. The Kier molecular flexibility index (Phi) is 4.42. The van der Waals surface area contributed by atoms with Crippen LogP contribution in [0.25, 0.3) is 0 Å². The molecule has 0 aromatic carbocycles. The van der Waals surface area contributed by atoms with E-state index in [0.29, 0.717) is 17.3 Å². The summed E-state index contributed by atoms with van der Waals surface area (Å²) < 4.78 is 0. The van der Waals surface area contributed by atoms with Gasteiger partial charge in [0.05, 0.1) is 11.3 Å². The van der Waals surface area contributed by atoms with Gasteiger partial charge in [0.2, 0.25) is 0 Å². The maximum absolute atomic E-state index is 8.99. The second-order valence-electron chi connectivity index (χ2n) is 5.63. The lowest BCUT2D eigenvalue weighted by molar-refractivity contribution is 0.318. The molecule has 3 N–H and O–H groups in total. The summed E-state index contributed by atoms with van der Waals surface area (Å²) in [6.07, 6.45) is 5.15. The van der Waals surface area contributed by atoms with Crippen molar-refractivity contribution >= 4 is 11.7 Å². The highest BCUT2D eigenvalue weighted by atomic mass is 16.4. The number of hydrogen-bond donors (Lipinski definition) is 2. The molecule has 1 heterocycles. The van der Waals surface area contributed by atoms with Gasteiger partial charge in [-0.2, -0.15) is 5.10 Å². The number of hydrogen-bond acceptors (Lipinski definition) is 5. The number of anilines is 1. The molecule has 110 valence electrons. The standard InChI is InChI=1S/C14H23N5O/c1-9-10(2)16-17-14(12(9)13(15)18-20)19(3)8-11-6-4-5-7-11/h11,20H,4-8H2,1-3H3,(H2,15,18). The first-order chi connectivity index (χ1) is 9.54. The smallest absolute Gasteiger partial charge is 0.174 e. The van der Waals surface area contributed by atoms with Gasteiger partial charge in [-0.05, 0) is 38.2 Å². The van der Waals surface area contributed by atoms with Crippen LogP contribution in [0.5, 0.6) is 0 Å². The average Bonchev–Trinajstić information content (AvgIpc) is 2.93. The van der Waals surface area contributed by atoms with E-state index in [9.17, 15) is 0 Å². The van der Waals surface area contributed by atoms with E-state index in [2.05, 4.69) is 20.3 Å². The Morgan fingerprint density at radius 2 is 2.00 bits per heavy atom. The first kappa shape index (κ1) is 14.6. The predicted molar refractivity (Wildman–Crippen MR) is 79.2 cm³/mol. The molecule has 0 radical (unpaired) electrons. The molecule has 6 nitrogen and oxygen atoms in total. The lowest BCUT2D eigenvalue weighted by atomic mass is 10.1. The number of aromatic nitrogens is 2. The molecular weight excluding hydrogens is 254 g/mol. The Labute approximate surface area is 119 Å². The van der Waals surface area contributed by atoms with Gasteiger partial charge < -0.3 is 15.8 Å². The predicted octanol–water partition coefficient (Wildman–Crippen LogP) is 1.81. The van der Waals surface area contributed by atoms with Gasteiger partial charge in [-0.15, -0.1) is 5.10 Å². The molecule has 0 amide bonds. The summed E-state index contributed by atoms with van der Waals surface area (Å²) in [5.41, 5.74) is 8.20. The van der Waals surface area contributed by atoms with Crippen molar-refractivity contribution in [3.8, 4) is 0 Å². The number of nitrogens with two attached hydrogens (primary N) is 1. The van der Waals surface area contributed by atoms with E-state index in [-0.39, 0.29) is 5.84 Å². The first-order valence-electron chi connectivity index (χ1n) is 7.07. The van der Waals surface area contributed by atoms with Gasteiger partial charge >= 0.3 is 0 Å². The van der Waals surface area contributed by atoms with E-state index in [1.54, 1.807) is 0 Å². The van der Waals surface area contributed by atoms with Gasteiger partial charge in [0.15, 0.2) is 11.7 Å². The van der Waals surface area contributed by atoms with E-state index in [0.717, 1.165) is 17.8 Å². The van der Waals surface area contributed by atoms with Crippen LogP contribution in [0.4, 0.5) is 5.82 Å². The fraction of sp³-hybridized carbons (Fsp3) is 0.643. The monoisotopic (exact) mass is 277 g/mol. The second-order valence-corrected chi connectivity index (χ2v) is 5.63. The fourth-order valence-corrected chi connectivity index (χ4v) is 2.89. The van der Waals surface area contributed by atoms with Crippen molar-refractivity contribution in [2.45, 2.75) is 39.5 Å². The molecule has 1 aromatic rings. The molecule has 0 saturated heterocycles. The van der Waals surface area contributed by atoms with E-state index < -0.39 is 0 Å². The van der Waals surface area contributed by atoms with Crippen molar-refractivity contribution in [3.05, 3.63) is 16.8 Å². The molecule has 1 fully saturated rings. The highest BCUT2D eigenvalue weighted by molar-refractivity contribution is 6.02. The zero-order valence-electron chi connectivity index (χ0n) is 12.4. The lowest BCUT2D eigenvalue weighted by Crippen LogP contribution is -2.29. The number of aryl methyl sites for hydroxylation is 1. The minimum Gasteiger partial charge on any atom is -0.409 e. The third kappa shape index (κ3) is 2.84. The van der Waals surface area contributed by atoms with E-state index >= 15 is 0 Å². The zero-order valence-corrected chi connectivity index (χ0v) is 12.4. The third-order valence-electron chi connectivity index (χ3n) is 4.17. The molecule has 0 bridgehead atoms. The maximum atomic E-state index is 8.99. The minimum absolute atomic E-state index is 0.0915. The minimum atomic E-state index is 0.0915. The molecule has 0 aliphatic heterocycles. The van der Waals surface area contributed by atoms with Crippen LogP contribution in [0.1, 0.15) is 42.5 Å². The first-order valence-corrected chi connectivity index (χ1v) is 7.07. The summed E-state index contributed by atoms with van der Waals surface area (Å²) in [5.74, 6) is 1.48. The maximum Gasteiger partial charge on any atom is 0.174 e. The number of nitrogens with zero attached hydrogens (tertiary/aromatic N) is 4. The fourth-order valence-electron chi connectivity index (χ4n) is 2.89. The Bertz CT molecular complexity index is 509. The van der Waals surface area contributed by atoms with Crippen LogP contribution < -0.4 is 10.6 Å². The van der Waals surface area contributed by atoms with Crippen LogP contribution in [0.2, 0.25) is 0 Å². The van der Waals surface area contributed by atoms with Gasteiger partial charge in [0.25, 0.3) is 0 Å². The summed E-state index contributed by atoms with van der Waals surface area (Å²) in [4.78, 5) is 2.07. The van der Waals surface area contributed by atoms with Gasteiger partial charge in [0, 0.05) is 13.6 Å². The topological polar surface area (TPSA) is 87.6 Å². The molecule has 0 atom stereocenters. The van der Waals surface area contributed by atoms with Crippen LogP contribution in [-0.2, 0) is 0 Å². The Morgan fingerprint density at radius 3 is 2.60 bits per heavy atom. The quantitative estimate of drug-likeness (QED) is 0.379. The van der Waals surface area contributed by atoms with Gasteiger partial charge in [-0.25, -0.2) is 0 Å². The molecule has 1 aromatic heterocycles. The van der Waals surface area contributed by atoms with E-state index in [1.807, 2.05) is 20.9 Å². The molecular formula is C14H23N5O. The molecule has 20 heavy (non-hydrogen) atoms. The normalized spacial score (nSPS) is 16.6. The van der Waals surface area contributed by atoms with Crippen molar-refractivity contribution in [2.24, 2.45) is 16.8 Å². The molecule has 1 aliphatic rings. The Hall–Kier alpha value is -1.85. The largest absolute Gasteiger partial charge is 0.409 e. The average molecular weight is 277 g/mol. The Morgan fingerprint density at radius 1 is 1.35 bits per heavy atom. The highest BCUT2D eigenvalue weighted by Gasteiger charge is 2.22.